The monoisotopic (exact) mass is 228 g/mol. The average molecular weight is 228 g/mol. The van der Waals surface area contributed by atoms with E-state index in [0.717, 1.165) is 5.56 Å². The van der Waals surface area contributed by atoms with Crippen molar-refractivity contribution in [2.75, 3.05) is 5.73 Å². The van der Waals surface area contributed by atoms with Crippen LogP contribution in [0.5, 0.6) is 0 Å². The molecular weight excluding hydrogens is 216 g/mol. The van der Waals surface area contributed by atoms with Gasteiger partial charge in [0.1, 0.15) is 0 Å². The van der Waals surface area contributed by atoms with Crippen LogP contribution >= 0.6 is 0 Å². The van der Waals surface area contributed by atoms with E-state index in [9.17, 15) is 4.79 Å². The lowest BCUT2D eigenvalue weighted by Crippen LogP contribution is -2.07. The Hall–Kier alpha value is -2.36. The Bertz CT molecular complexity index is 538. The highest BCUT2D eigenvalue weighted by Gasteiger charge is 2.10. The van der Waals surface area contributed by atoms with Gasteiger partial charge in [0, 0.05) is 12.1 Å². The van der Waals surface area contributed by atoms with Crippen LogP contribution in [-0.4, -0.2) is 16.1 Å². The van der Waals surface area contributed by atoms with Crippen LogP contribution in [0.4, 0.5) is 5.69 Å². The second-order valence-electron chi connectivity index (χ2n) is 3.71. The molecule has 0 amide bonds. The number of rotatable bonds is 3. The van der Waals surface area contributed by atoms with Crippen LogP contribution in [0.25, 0.3) is 0 Å². The first-order valence-electron chi connectivity index (χ1n) is 5.19. The van der Waals surface area contributed by atoms with E-state index in [2.05, 4.69) is 4.98 Å². The number of nitrogen functional groups attached to an aromatic ring is 1. The lowest BCUT2D eigenvalue weighted by atomic mass is 10.1. The summed E-state index contributed by atoms with van der Waals surface area (Å²) >= 11 is 0. The number of carboxylic acids is 1. The van der Waals surface area contributed by atoms with Crippen molar-refractivity contribution < 1.29 is 9.90 Å². The molecule has 3 N–H and O–H groups in total. The molecule has 4 nitrogen and oxygen atoms in total. The second-order valence-corrected chi connectivity index (χ2v) is 3.71. The lowest BCUT2D eigenvalue weighted by Gasteiger charge is -2.04. The van der Waals surface area contributed by atoms with Crippen molar-refractivity contribution in [1.29, 1.82) is 0 Å². The SMILES string of the molecule is Nc1ccc(Cc2ccccc2)nc1C(=O)O. The molecule has 0 fully saturated rings. The maximum Gasteiger partial charge on any atom is 0.356 e. The predicted octanol–water partition coefficient (Wildman–Crippen LogP) is 1.95. The van der Waals surface area contributed by atoms with Gasteiger partial charge in [-0.1, -0.05) is 30.3 Å². The summed E-state index contributed by atoms with van der Waals surface area (Å²) in [6.45, 7) is 0. The highest BCUT2D eigenvalue weighted by atomic mass is 16.4. The van der Waals surface area contributed by atoms with E-state index in [4.69, 9.17) is 10.8 Å². The van der Waals surface area contributed by atoms with Crippen LogP contribution < -0.4 is 5.73 Å². The zero-order chi connectivity index (χ0) is 12.3. The second kappa shape index (κ2) is 4.65. The van der Waals surface area contributed by atoms with E-state index in [1.807, 2.05) is 30.3 Å². The van der Waals surface area contributed by atoms with Crippen LogP contribution in [0.1, 0.15) is 21.7 Å². The topological polar surface area (TPSA) is 76.2 Å². The summed E-state index contributed by atoms with van der Waals surface area (Å²) in [5, 5.41) is 8.91. The zero-order valence-corrected chi connectivity index (χ0v) is 9.13. The maximum atomic E-state index is 10.9. The number of anilines is 1. The molecule has 2 rings (SSSR count). The Labute approximate surface area is 98.7 Å². The van der Waals surface area contributed by atoms with Gasteiger partial charge in [0.2, 0.25) is 0 Å². The Morgan fingerprint density at radius 3 is 2.53 bits per heavy atom. The Morgan fingerprint density at radius 2 is 1.88 bits per heavy atom. The molecule has 1 aromatic carbocycles. The third kappa shape index (κ3) is 2.60. The quantitative estimate of drug-likeness (QED) is 0.841. The van der Waals surface area contributed by atoms with Crippen molar-refractivity contribution in [2.24, 2.45) is 0 Å². The minimum Gasteiger partial charge on any atom is -0.476 e. The summed E-state index contributed by atoms with van der Waals surface area (Å²) in [6.07, 6.45) is 0.599. The molecule has 17 heavy (non-hydrogen) atoms. The molecule has 2 aromatic rings. The summed E-state index contributed by atoms with van der Waals surface area (Å²) < 4.78 is 0. The van der Waals surface area contributed by atoms with Crippen LogP contribution in [0.3, 0.4) is 0 Å². The lowest BCUT2D eigenvalue weighted by molar-refractivity contribution is 0.0691. The maximum absolute atomic E-state index is 10.9. The number of carbonyl (C=O) groups is 1. The smallest absolute Gasteiger partial charge is 0.356 e. The summed E-state index contributed by atoms with van der Waals surface area (Å²) in [5.41, 5.74) is 7.43. The fourth-order valence-electron chi connectivity index (χ4n) is 1.59. The Balaban J connectivity index is 2.29. The van der Waals surface area contributed by atoms with Crippen molar-refractivity contribution in [2.45, 2.75) is 6.42 Å². The van der Waals surface area contributed by atoms with E-state index in [-0.39, 0.29) is 11.4 Å². The van der Waals surface area contributed by atoms with E-state index in [1.54, 1.807) is 12.1 Å². The molecule has 0 aliphatic carbocycles. The molecule has 0 aliphatic heterocycles. The number of aromatic carboxylic acids is 1. The van der Waals surface area contributed by atoms with Gasteiger partial charge < -0.3 is 10.8 Å². The van der Waals surface area contributed by atoms with Gasteiger partial charge in [-0.15, -0.1) is 0 Å². The van der Waals surface area contributed by atoms with Gasteiger partial charge in [0.15, 0.2) is 5.69 Å². The molecule has 86 valence electrons. The third-order valence-corrected chi connectivity index (χ3v) is 2.41. The highest BCUT2D eigenvalue weighted by molar-refractivity contribution is 5.91. The molecule has 0 atom stereocenters. The van der Waals surface area contributed by atoms with E-state index in [1.165, 1.54) is 0 Å². The van der Waals surface area contributed by atoms with E-state index >= 15 is 0 Å². The largest absolute Gasteiger partial charge is 0.476 e. The fourth-order valence-corrected chi connectivity index (χ4v) is 1.59. The first kappa shape index (κ1) is 11.1. The predicted molar refractivity (Wildman–Crippen MR) is 64.9 cm³/mol. The molecule has 0 radical (unpaired) electrons. The van der Waals surface area contributed by atoms with E-state index < -0.39 is 5.97 Å². The molecule has 1 aromatic heterocycles. The first-order valence-corrected chi connectivity index (χ1v) is 5.19. The number of benzene rings is 1. The third-order valence-electron chi connectivity index (χ3n) is 2.41. The molecule has 0 unspecified atom stereocenters. The normalized spacial score (nSPS) is 10.1. The molecule has 0 saturated heterocycles. The molecular formula is C13H12N2O2. The van der Waals surface area contributed by atoms with Gasteiger partial charge in [-0.3, -0.25) is 0 Å². The zero-order valence-electron chi connectivity index (χ0n) is 9.13. The fraction of sp³-hybridized carbons (Fsp3) is 0.0769. The minimum absolute atomic E-state index is 0.0848. The molecule has 0 saturated carbocycles. The number of hydrogen-bond donors (Lipinski definition) is 2. The Morgan fingerprint density at radius 1 is 1.18 bits per heavy atom. The van der Waals surface area contributed by atoms with Crippen LogP contribution in [0.15, 0.2) is 42.5 Å². The number of pyridine rings is 1. The van der Waals surface area contributed by atoms with Crippen LogP contribution in [0, 0.1) is 0 Å². The first-order chi connectivity index (χ1) is 8.16. The molecule has 1 heterocycles. The van der Waals surface area contributed by atoms with Crippen LogP contribution in [-0.2, 0) is 6.42 Å². The summed E-state index contributed by atoms with van der Waals surface area (Å²) in [4.78, 5) is 14.9. The number of carboxylic acid groups (broad SMARTS) is 1. The van der Waals surface area contributed by atoms with Crippen LogP contribution in [0.2, 0.25) is 0 Å². The van der Waals surface area contributed by atoms with Gasteiger partial charge in [0.25, 0.3) is 0 Å². The average Bonchev–Trinajstić information content (AvgIpc) is 2.32. The van der Waals surface area contributed by atoms with Crippen molar-refractivity contribution in [1.82, 2.24) is 4.98 Å². The molecule has 0 bridgehead atoms. The molecule has 0 spiro atoms. The van der Waals surface area contributed by atoms with Crippen molar-refractivity contribution in [3.8, 4) is 0 Å². The Kier molecular flexibility index (Phi) is 3.05. The summed E-state index contributed by atoms with van der Waals surface area (Å²) in [6, 6.07) is 13.1. The van der Waals surface area contributed by atoms with Crippen molar-refractivity contribution in [3.05, 3.63) is 59.4 Å². The number of nitrogens with zero attached hydrogens (tertiary/aromatic N) is 1. The number of hydrogen-bond acceptors (Lipinski definition) is 3. The van der Waals surface area contributed by atoms with Crippen molar-refractivity contribution >= 4 is 11.7 Å². The number of aromatic nitrogens is 1. The van der Waals surface area contributed by atoms with Gasteiger partial charge in [0.05, 0.1) is 5.69 Å². The number of nitrogens with two attached hydrogens (primary N) is 1. The van der Waals surface area contributed by atoms with Gasteiger partial charge >= 0.3 is 5.97 Å². The van der Waals surface area contributed by atoms with Gasteiger partial charge in [-0.05, 0) is 17.7 Å². The highest BCUT2D eigenvalue weighted by Crippen LogP contribution is 2.13. The standard InChI is InChI=1S/C13H12N2O2/c14-11-7-6-10(15-12(11)13(16)17)8-9-4-2-1-3-5-9/h1-7H,8,14H2,(H,16,17). The molecule has 4 heteroatoms. The van der Waals surface area contributed by atoms with Gasteiger partial charge in [-0.2, -0.15) is 0 Å². The van der Waals surface area contributed by atoms with Crippen molar-refractivity contribution in [3.63, 3.8) is 0 Å². The minimum atomic E-state index is -1.10. The van der Waals surface area contributed by atoms with Gasteiger partial charge in [-0.25, -0.2) is 9.78 Å². The van der Waals surface area contributed by atoms with E-state index in [0.29, 0.717) is 12.1 Å². The summed E-state index contributed by atoms with van der Waals surface area (Å²) in [5.74, 6) is -1.10. The summed E-state index contributed by atoms with van der Waals surface area (Å²) in [7, 11) is 0. The molecule has 0 aliphatic rings.